The minimum atomic E-state index is -2.05. The average molecular weight is 322 g/mol. The first-order valence-electron chi connectivity index (χ1n) is 6.04. The Bertz CT molecular complexity index is 228. The Kier molecular flexibility index (Phi) is 12.8. The Balaban J connectivity index is -0.00000112. The summed E-state index contributed by atoms with van der Waals surface area (Å²) in [5.74, 6) is -0.176. The van der Waals surface area contributed by atoms with Gasteiger partial charge >= 0.3 is 19.5 Å². The van der Waals surface area contributed by atoms with Gasteiger partial charge in [0.2, 0.25) is 0 Å². The van der Waals surface area contributed by atoms with Crippen molar-refractivity contribution < 1.29 is 28.7 Å². The molecule has 4 heteroatoms. The van der Waals surface area contributed by atoms with Crippen LogP contribution in [-0.2, 0) is 28.7 Å². The van der Waals surface area contributed by atoms with Gasteiger partial charge in [-0.2, -0.15) is 0 Å². The van der Waals surface area contributed by atoms with Crippen LogP contribution in [0, 0.1) is 14.0 Å². The van der Waals surface area contributed by atoms with E-state index in [1.165, 1.54) is 6.08 Å². The maximum atomic E-state index is 11.7. The molecule has 0 radical (unpaired) electrons. The third-order valence-electron chi connectivity index (χ3n) is 3.28. The molecule has 0 rings (SSSR count). The minimum Gasteiger partial charge on any atom is -0.518 e. The van der Waals surface area contributed by atoms with Crippen LogP contribution in [0.1, 0.15) is 48.0 Å². The molecule has 0 spiro atoms. The molecule has 0 aliphatic carbocycles. The quantitative estimate of drug-likeness (QED) is 0.530. The van der Waals surface area contributed by atoms with E-state index in [-0.39, 0.29) is 39.3 Å². The number of carbonyl (C=O) groups is 1. The molecule has 18 heavy (non-hydrogen) atoms. The van der Waals surface area contributed by atoms with Gasteiger partial charge in [0, 0.05) is 6.42 Å². The van der Waals surface area contributed by atoms with E-state index in [1.54, 1.807) is 0 Å². The first-order valence-corrected chi connectivity index (χ1v) is 8.18. The van der Waals surface area contributed by atoms with Crippen LogP contribution >= 0.6 is 0 Å². The summed E-state index contributed by atoms with van der Waals surface area (Å²) >= 11 is 0. The summed E-state index contributed by atoms with van der Waals surface area (Å²) < 4.78 is 5.85. The first kappa shape index (κ1) is 23.2. The third-order valence-corrected chi connectivity index (χ3v) is 9.28. The van der Waals surface area contributed by atoms with E-state index in [1.807, 2.05) is 0 Å². The number of rotatable bonds is 6. The standard InChI is InChI=1S/C13H25O2Si.CH3.Zn/c1-8-9-13(14)15-16(10(2)3,11(4)5)12(6)7;;/h1,8,10-12H,9H2,2-7H3;1H3;/q2*-1;+2. The molecule has 0 heterocycles. The maximum absolute atomic E-state index is 11.7. The van der Waals surface area contributed by atoms with Crippen molar-refractivity contribution in [3.63, 3.8) is 0 Å². The Hall–Kier alpha value is 0.0503. The van der Waals surface area contributed by atoms with Crippen molar-refractivity contribution >= 4 is 14.3 Å². The first-order chi connectivity index (χ1) is 7.28. The summed E-state index contributed by atoms with van der Waals surface area (Å²) in [7, 11) is -2.05. The van der Waals surface area contributed by atoms with Crippen LogP contribution < -0.4 is 0 Å². The van der Waals surface area contributed by atoms with Gasteiger partial charge in [0.1, 0.15) is 0 Å². The van der Waals surface area contributed by atoms with Gasteiger partial charge in [-0.25, -0.2) is 0 Å². The molecule has 0 aromatic rings. The van der Waals surface area contributed by atoms with Crippen LogP contribution in [0.2, 0.25) is 16.6 Å². The zero-order valence-electron chi connectivity index (χ0n) is 13.1. The number of hydrogen-bond donors (Lipinski definition) is 0. The van der Waals surface area contributed by atoms with Gasteiger partial charge in [-0.15, -0.1) is 0 Å². The van der Waals surface area contributed by atoms with E-state index in [2.05, 4.69) is 41.5 Å². The molecule has 0 fully saturated rings. The molecular formula is C14H28O2SiZn. The topological polar surface area (TPSA) is 26.3 Å². The summed E-state index contributed by atoms with van der Waals surface area (Å²) in [5.41, 5.74) is 1.28. The van der Waals surface area contributed by atoms with E-state index in [0.29, 0.717) is 16.6 Å². The van der Waals surface area contributed by atoms with Gasteiger partial charge in [0.05, 0.1) is 0 Å². The second-order valence-corrected chi connectivity index (χ2v) is 10.6. The monoisotopic (exact) mass is 320 g/mol. The third kappa shape index (κ3) is 5.36. The molecule has 0 aliphatic rings. The molecule has 0 aromatic heterocycles. The van der Waals surface area contributed by atoms with Crippen molar-refractivity contribution in [1.29, 1.82) is 0 Å². The summed E-state index contributed by atoms with van der Waals surface area (Å²) in [4.78, 5) is 11.7. The van der Waals surface area contributed by atoms with E-state index in [4.69, 9.17) is 11.0 Å². The van der Waals surface area contributed by atoms with Gasteiger partial charge in [-0.3, -0.25) is 10.9 Å². The molecule has 2 nitrogen and oxygen atoms in total. The SMILES string of the molecule is [CH-]=CCC(=O)O[Si](C(C)C)(C(C)C)C(C)C.[CH3-].[Zn+2]. The van der Waals surface area contributed by atoms with Crippen molar-refractivity contribution in [2.24, 2.45) is 0 Å². The fourth-order valence-electron chi connectivity index (χ4n) is 2.69. The second kappa shape index (κ2) is 9.91. The summed E-state index contributed by atoms with van der Waals surface area (Å²) in [6.07, 6.45) is 1.57. The summed E-state index contributed by atoms with van der Waals surface area (Å²) in [6, 6.07) is 0. The van der Waals surface area contributed by atoms with Crippen molar-refractivity contribution in [1.82, 2.24) is 0 Å². The van der Waals surface area contributed by atoms with Crippen molar-refractivity contribution in [2.75, 3.05) is 0 Å². The fraction of sp³-hybridized carbons (Fsp3) is 0.714. The Morgan fingerprint density at radius 2 is 1.44 bits per heavy atom. The zero-order valence-corrected chi connectivity index (χ0v) is 17.1. The normalized spacial score (nSPS) is 10.9. The van der Waals surface area contributed by atoms with E-state index >= 15 is 0 Å². The van der Waals surface area contributed by atoms with Gasteiger partial charge in [0.15, 0.2) is 0 Å². The molecular weight excluding hydrogens is 294 g/mol. The fourth-order valence-corrected chi connectivity index (χ4v) is 7.87. The second-order valence-electron chi connectivity index (χ2n) is 5.23. The zero-order chi connectivity index (χ0) is 12.9. The molecule has 0 saturated heterocycles. The average Bonchev–Trinajstić information content (AvgIpc) is 2.12. The molecule has 102 valence electrons. The molecule has 0 aliphatic heterocycles. The van der Waals surface area contributed by atoms with Crippen molar-refractivity contribution in [3.05, 3.63) is 20.1 Å². The van der Waals surface area contributed by atoms with Crippen LogP contribution in [0.25, 0.3) is 0 Å². The summed E-state index contributed by atoms with van der Waals surface area (Å²) in [6.45, 7) is 18.2. The summed E-state index contributed by atoms with van der Waals surface area (Å²) in [5, 5.41) is 0. The molecule has 0 saturated carbocycles. The molecule has 0 bridgehead atoms. The Labute approximate surface area is 127 Å². The van der Waals surface area contributed by atoms with Crippen LogP contribution in [0.5, 0.6) is 0 Å². The van der Waals surface area contributed by atoms with E-state index in [0.717, 1.165) is 0 Å². The molecule has 0 amide bonds. The van der Waals surface area contributed by atoms with Gasteiger partial charge < -0.3 is 18.4 Å². The van der Waals surface area contributed by atoms with Crippen LogP contribution in [0.15, 0.2) is 6.08 Å². The van der Waals surface area contributed by atoms with Crippen molar-refractivity contribution in [3.8, 4) is 0 Å². The van der Waals surface area contributed by atoms with Crippen LogP contribution in [-0.4, -0.2) is 14.3 Å². The molecule has 0 N–H and O–H groups in total. The maximum Gasteiger partial charge on any atom is 2.00 e. The minimum absolute atomic E-state index is 0. The Morgan fingerprint density at radius 3 is 1.67 bits per heavy atom. The van der Waals surface area contributed by atoms with Gasteiger partial charge in [-0.1, -0.05) is 41.5 Å². The van der Waals surface area contributed by atoms with Crippen molar-refractivity contribution in [2.45, 2.75) is 64.6 Å². The molecule has 0 aromatic carbocycles. The van der Waals surface area contributed by atoms with Gasteiger partial charge in [0.25, 0.3) is 14.3 Å². The Morgan fingerprint density at radius 1 is 1.11 bits per heavy atom. The van der Waals surface area contributed by atoms with Gasteiger partial charge in [-0.05, 0) is 16.6 Å². The number of carbonyl (C=O) groups excluding carboxylic acids is 1. The van der Waals surface area contributed by atoms with E-state index in [9.17, 15) is 4.79 Å². The molecule has 0 atom stereocenters. The largest absolute Gasteiger partial charge is 2.00 e. The van der Waals surface area contributed by atoms with Crippen LogP contribution in [0.3, 0.4) is 0 Å². The van der Waals surface area contributed by atoms with E-state index < -0.39 is 8.32 Å². The predicted molar refractivity (Wildman–Crippen MR) is 77.0 cm³/mol. The smallest absolute Gasteiger partial charge is 0.518 e. The van der Waals surface area contributed by atoms with Crippen LogP contribution in [0.4, 0.5) is 0 Å². The molecule has 0 unspecified atom stereocenters. The number of hydrogen-bond acceptors (Lipinski definition) is 2. The predicted octanol–water partition coefficient (Wildman–Crippen LogP) is 4.53.